The Kier molecular flexibility index (Phi) is 37.1. The Hall–Kier alpha value is -16.4. The molecule has 0 saturated carbocycles. The molecule has 32 heteroatoms. The van der Waals surface area contributed by atoms with Gasteiger partial charge >= 0.3 is 29.8 Å². The highest BCUT2D eigenvalue weighted by molar-refractivity contribution is 6.35. The first-order valence-electron chi connectivity index (χ1n) is 37.4. The number of ether oxygens (including phenoxy) is 1. The van der Waals surface area contributed by atoms with Crippen molar-refractivity contribution < 1.29 is 97.4 Å². The van der Waals surface area contributed by atoms with Crippen molar-refractivity contribution in [2.75, 3.05) is 23.1 Å². The first-order valence-corrected chi connectivity index (χ1v) is 39.3. The minimum atomic E-state index is -1.20. The Morgan fingerprint density at radius 3 is 1.12 bits per heavy atom. The lowest BCUT2D eigenvalue weighted by molar-refractivity contribution is 0.0683. The van der Waals surface area contributed by atoms with Gasteiger partial charge in [0, 0.05) is 68.4 Å². The molecule has 3 amide bonds. The highest BCUT2D eigenvalue weighted by Gasteiger charge is 2.24. The Balaban J connectivity index is 0.000000212. The molecule has 0 unspecified atom stereocenters. The predicted octanol–water partition coefficient (Wildman–Crippen LogP) is 20.0. The van der Waals surface area contributed by atoms with Crippen LogP contribution in [0.5, 0.6) is 5.75 Å². The van der Waals surface area contributed by atoms with Gasteiger partial charge < -0.3 is 46.2 Å². The van der Waals surface area contributed by atoms with E-state index in [2.05, 4.69) is 16.0 Å². The van der Waals surface area contributed by atoms with Crippen molar-refractivity contribution in [1.82, 2.24) is 0 Å². The molecule has 8 N–H and O–H groups in total. The van der Waals surface area contributed by atoms with Crippen LogP contribution in [0.1, 0.15) is 205 Å². The number of hydrogen-bond acceptors (Lipinski definition) is 19. The van der Waals surface area contributed by atoms with Crippen molar-refractivity contribution in [1.29, 1.82) is 21.0 Å². The van der Waals surface area contributed by atoms with Gasteiger partial charge in [0.25, 0.3) is 17.7 Å². The van der Waals surface area contributed by atoms with Gasteiger partial charge in [0.15, 0.2) is 34.7 Å². The number of methoxy groups -OCH3 is 1. The van der Waals surface area contributed by atoms with Crippen LogP contribution in [-0.4, -0.2) is 115 Å². The van der Waals surface area contributed by atoms with Crippen LogP contribution in [0.3, 0.4) is 0 Å². The van der Waals surface area contributed by atoms with Crippen molar-refractivity contribution >= 4 is 157 Å². The van der Waals surface area contributed by atoms with E-state index in [1.165, 1.54) is 143 Å². The number of nitrogens with zero attached hydrogens (tertiary/aromatic N) is 4. The van der Waals surface area contributed by atoms with Gasteiger partial charge in [0.1, 0.15) is 11.8 Å². The minimum absolute atomic E-state index is 0.00173. The fraction of sp³-hybridized carbons (Fsp3) is 0.0722. The number of carboxylic acids is 5. The second kappa shape index (κ2) is 48.0. The third-order valence-electron chi connectivity index (χ3n) is 18.0. The van der Waals surface area contributed by atoms with E-state index in [-0.39, 0.29) is 114 Å². The summed E-state index contributed by atoms with van der Waals surface area (Å²) < 4.78 is 5.12. The molecule has 646 valence electrons. The van der Waals surface area contributed by atoms with Crippen LogP contribution < -0.4 is 20.7 Å². The van der Waals surface area contributed by atoms with Crippen LogP contribution in [-0.2, 0) is 19.3 Å². The number of hydrogen-bond donors (Lipinski definition) is 8. The highest BCUT2D eigenvalue weighted by Crippen LogP contribution is 2.30. The Bertz CT molecular complexity index is 6640. The van der Waals surface area contributed by atoms with Gasteiger partial charge in [-0.15, -0.1) is 0 Å². The van der Waals surface area contributed by atoms with E-state index in [1.54, 1.807) is 140 Å². The zero-order valence-corrected chi connectivity index (χ0v) is 71.7. The van der Waals surface area contributed by atoms with Gasteiger partial charge in [-0.05, 0) is 183 Å². The number of carbonyl (C=O) groups is 14. The number of halogens is 5. The molecule has 0 aliphatic rings. The number of carboxylic acid groups (broad SMARTS) is 5. The summed E-state index contributed by atoms with van der Waals surface area (Å²) >= 11 is 29.6. The van der Waals surface area contributed by atoms with Crippen LogP contribution in [0, 0.1) is 45.3 Å². The summed E-state index contributed by atoms with van der Waals surface area (Å²) in [7, 11) is 1.43. The molecule has 0 atom stereocenters. The Morgan fingerprint density at radius 1 is 0.310 bits per heavy atom. The molecule has 0 fully saturated rings. The molecule has 0 radical (unpaired) electrons. The zero-order valence-electron chi connectivity index (χ0n) is 67.9. The summed E-state index contributed by atoms with van der Waals surface area (Å²) in [4.78, 5) is 164. The minimum Gasteiger partial charge on any atom is -0.495 e. The molecule has 12 aromatic carbocycles. The third-order valence-corrected chi connectivity index (χ3v) is 19.6. The van der Waals surface area contributed by atoms with Gasteiger partial charge in [-0.25, -0.2) is 24.0 Å². The van der Waals surface area contributed by atoms with Crippen LogP contribution in [0.2, 0.25) is 25.1 Å². The Morgan fingerprint density at radius 2 is 0.682 bits per heavy atom. The third kappa shape index (κ3) is 28.6. The van der Waals surface area contributed by atoms with Crippen molar-refractivity contribution in [2.24, 2.45) is 0 Å². The number of anilines is 3. The number of rotatable bonds is 24. The lowest BCUT2D eigenvalue weighted by Crippen LogP contribution is -2.16. The summed E-state index contributed by atoms with van der Waals surface area (Å²) in [5.74, 6) is -8.56. The summed E-state index contributed by atoms with van der Waals surface area (Å²) in [5.41, 5.74) is 5.67. The lowest BCUT2D eigenvalue weighted by atomic mass is 9.97. The first-order chi connectivity index (χ1) is 61.4. The summed E-state index contributed by atoms with van der Waals surface area (Å²) in [6, 6.07) is 71.9. The second-order valence-corrected chi connectivity index (χ2v) is 28.9. The number of carbonyl (C=O) groups excluding carboxylic acids is 9. The Labute approximate surface area is 760 Å². The summed E-state index contributed by atoms with van der Waals surface area (Å²) in [6.07, 6.45) is -0.189. The number of Topliss-reactive ketones (excluding diaryl/α,β-unsaturated/α-hetero) is 6. The zero-order chi connectivity index (χ0) is 94.9. The second-order valence-electron chi connectivity index (χ2n) is 26.9. The average molecular weight is 1830 g/mol. The van der Waals surface area contributed by atoms with Crippen LogP contribution >= 0.6 is 58.0 Å². The fourth-order valence-electron chi connectivity index (χ4n) is 11.9. The van der Waals surface area contributed by atoms with Crippen LogP contribution in [0.25, 0.3) is 0 Å². The van der Waals surface area contributed by atoms with Gasteiger partial charge in [-0.3, -0.25) is 43.2 Å². The molecular weight excluding hydrogens is 1760 g/mol. The van der Waals surface area contributed by atoms with E-state index in [1.807, 2.05) is 24.3 Å². The average Bonchev–Trinajstić information content (AvgIpc) is 0.833. The van der Waals surface area contributed by atoms with E-state index in [0.29, 0.717) is 98.5 Å². The number of amides is 3. The highest BCUT2D eigenvalue weighted by atomic mass is 35.5. The first kappa shape index (κ1) is 99.7. The maximum atomic E-state index is 12.3. The van der Waals surface area contributed by atoms with Crippen molar-refractivity contribution in [3.63, 3.8) is 0 Å². The topological polar surface area (TPSA) is 481 Å². The lowest BCUT2D eigenvalue weighted by Gasteiger charge is -2.11. The van der Waals surface area contributed by atoms with Crippen LogP contribution in [0.4, 0.5) is 17.1 Å². The van der Waals surface area contributed by atoms with E-state index in [4.69, 9.17) is 109 Å². The molecule has 0 saturated heterocycles. The molecule has 12 rings (SSSR count). The van der Waals surface area contributed by atoms with Crippen molar-refractivity contribution in [2.45, 2.75) is 40.0 Å². The number of nitrogens with one attached hydrogen (secondary N) is 3. The monoisotopic (exact) mass is 1830 g/mol. The fourth-order valence-corrected chi connectivity index (χ4v) is 12.9. The molecule has 0 bridgehead atoms. The molecule has 27 nitrogen and oxygen atoms in total. The number of nitriles is 4. The molecule has 0 spiro atoms. The molecule has 0 aliphatic carbocycles. The van der Waals surface area contributed by atoms with E-state index < -0.39 is 53.4 Å². The van der Waals surface area contributed by atoms with Gasteiger partial charge in [-0.1, -0.05) is 167 Å². The molecular formula is C97H68Cl5N7O20. The van der Waals surface area contributed by atoms with Crippen LogP contribution in [0.15, 0.2) is 255 Å². The molecule has 0 heterocycles. The SMILES string of the molecule is CC(=O)c1cc(CC(=O)c2ccccc2C(=O)O)ccc1Cl.CC(=O)c1ccccc1C(=O)Nc1cc(C#N)ccc1Cl.CC(=O)c1ccccc1C(=O)Nc1ccc(Cl)c(C#N)c1.COc1ccc(C#N)cc1NC(=O)c1ccccc1C(=O)O.N#Cc1cc(Cl)cc(CC(=O)c2ccccc2C(=O)O)c1.O=C(O)c1ccc(Cl)c(CC(=O)c2ccccc2C(=O)O)c1. The largest absolute Gasteiger partial charge is 0.495 e. The maximum Gasteiger partial charge on any atom is 0.336 e. The molecule has 0 aromatic heterocycles. The molecule has 129 heavy (non-hydrogen) atoms. The number of ketones is 6. The van der Waals surface area contributed by atoms with Crippen molar-refractivity contribution in [3.8, 4) is 30.0 Å². The normalized spacial score (nSPS) is 9.93. The van der Waals surface area contributed by atoms with E-state index in [9.17, 15) is 67.1 Å². The standard InChI is InChI=1S/C17H13ClO4.2C16H11ClN2O2.C16H10ClNO3.C16H11ClO5.C16H12N2O4/c1-10(19)14-8-11(6-7-15(14)18)9-16(20)12-4-2-3-5-13(12)17(21)22;1-10(20)13-4-2-3-5-14(13)16(21)19-12-6-7-15(17)11(8-12)9-18;1-10(20)12-4-2-3-5-13(12)16(21)19-15-8-11(9-18)6-7-14(15)17;17-12-6-10(5-11(7-12)9-18)8-15(19)13-3-1-2-4-14(13)16(20)21;17-13-6-5-9(15(19)20)7-10(13)8-14(18)11-3-1-2-4-12(11)16(21)22;1-22-14-7-6-10(9-17)8-13(14)18-15(19)11-4-2-3-5-12(11)16(20)21/h2-8H,9H2,1H3,(H,21,22);2*2-8H,1H3,(H,19,21);1-7H,8H2,(H,20,21);1-7H,8H2,(H,19,20)(H,21,22);2-8H,1H3,(H,18,19)(H,20,21). The van der Waals surface area contributed by atoms with E-state index >= 15 is 0 Å². The van der Waals surface area contributed by atoms with Gasteiger partial charge in [0.05, 0.1) is 119 Å². The number of benzene rings is 12. The van der Waals surface area contributed by atoms with Crippen molar-refractivity contribution in [3.05, 3.63) is 397 Å². The molecule has 0 aliphatic heterocycles. The maximum absolute atomic E-state index is 12.3. The van der Waals surface area contributed by atoms with Gasteiger partial charge in [-0.2, -0.15) is 21.0 Å². The summed E-state index contributed by atoms with van der Waals surface area (Å²) in [5, 5.41) is 90.4. The van der Waals surface area contributed by atoms with Gasteiger partial charge in [0.2, 0.25) is 0 Å². The molecule has 12 aromatic rings. The van der Waals surface area contributed by atoms with E-state index in [0.717, 1.165) is 0 Å². The predicted molar refractivity (Wildman–Crippen MR) is 481 cm³/mol. The smallest absolute Gasteiger partial charge is 0.336 e. The quantitative estimate of drug-likeness (QED) is 0.0260. The summed E-state index contributed by atoms with van der Waals surface area (Å²) in [6.45, 7) is 4.20. The number of aromatic carboxylic acids is 5.